The number of carbonyl (C=O) groups is 2. The molecular formula is C28H31F3N6O4. The van der Waals surface area contributed by atoms with Crippen LogP contribution in [0.4, 0.5) is 29.3 Å². The minimum absolute atomic E-state index is 0.0590. The van der Waals surface area contributed by atoms with Gasteiger partial charge < -0.3 is 30.7 Å². The topological polar surface area (TPSA) is 132 Å². The van der Waals surface area contributed by atoms with Crippen LogP contribution in [0.2, 0.25) is 0 Å². The molecule has 13 heteroatoms. The molecule has 0 saturated carbocycles. The van der Waals surface area contributed by atoms with Gasteiger partial charge >= 0.3 is 6.09 Å². The Morgan fingerprint density at radius 1 is 1.10 bits per heavy atom. The Kier molecular flexibility index (Phi) is 8.96. The number of halogens is 3. The Hall–Kier alpha value is -4.39. The highest BCUT2D eigenvalue weighted by Gasteiger charge is 2.34. The van der Waals surface area contributed by atoms with Crippen molar-refractivity contribution in [1.82, 2.24) is 15.3 Å². The van der Waals surface area contributed by atoms with Gasteiger partial charge in [0.05, 0.1) is 42.4 Å². The summed E-state index contributed by atoms with van der Waals surface area (Å²) in [5, 5.41) is 5.45. The van der Waals surface area contributed by atoms with E-state index in [4.69, 9.17) is 15.2 Å². The van der Waals surface area contributed by atoms with Crippen LogP contribution in [0.1, 0.15) is 31.3 Å². The highest BCUT2D eigenvalue weighted by molar-refractivity contribution is 6.04. The fraction of sp³-hybridized carbons (Fsp3) is 0.357. The summed E-state index contributed by atoms with van der Waals surface area (Å²) in [5.74, 6) is -4.07. The number of alkyl carbamates (subject to hydrolysis) is 1. The molecule has 0 radical (unpaired) electrons. The van der Waals surface area contributed by atoms with Gasteiger partial charge in [-0.15, -0.1) is 0 Å². The SMILES string of the molecule is COC(=O)N[C@@H]1[C@H](N)CN(c2ccncc2NC(=O)c2ccc(F)c(-c3c(F)cc(OC(C)C)cc3F)n2)C[C@@H]1C. The number of rotatable bonds is 7. The molecule has 0 bridgehead atoms. The van der Waals surface area contributed by atoms with Gasteiger partial charge in [-0.3, -0.25) is 9.78 Å². The Bertz CT molecular complexity index is 1400. The molecule has 218 valence electrons. The molecule has 0 aliphatic carbocycles. The predicted octanol–water partition coefficient (Wildman–Crippen LogP) is 4.11. The molecule has 1 fully saturated rings. The van der Waals surface area contributed by atoms with Gasteiger partial charge in [-0.25, -0.2) is 22.9 Å². The lowest BCUT2D eigenvalue weighted by Crippen LogP contribution is -2.62. The molecule has 2 aromatic heterocycles. The van der Waals surface area contributed by atoms with Gasteiger partial charge in [0.2, 0.25) is 0 Å². The lowest BCUT2D eigenvalue weighted by Gasteiger charge is -2.42. The first-order valence-electron chi connectivity index (χ1n) is 12.9. The second kappa shape index (κ2) is 12.4. The Morgan fingerprint density at radius 2 is 1.80 bits per heavy atom. The van der Waals surface area contributed by atoms with E-state index < -0.39 is 46.8 Å². The van der Waals surface area contributed by atoms with E-state index in [0.717, 1.165) is 24.3 Å². The molecule has 0 spiro atoms. The maximum atomic E-state index is 14.9. The monoisotopic (exact) mass is 572 g/mol. The molecule has 3 heterocycles. The molecular weight excluding hydrogens is 541 g/mol. The number of piperidine rings is 1. The Labute approximate surface area is 235 Å². The molecule has 4 N–H and O–H groups in total. The minimum Gasteiger partial charge on any atom is -0.491 e. The minimum atomic E-state index is -1.09. The summed E-state index contributed by atoms with van der Waals surface area (Å²) in [7, 11) is 1.27. The van der Waals surface area contributed by atoms with Gasteiger partial charge in [-0.2, -0.15) is 0 Å². The number of benzene rings is 1. The second-order valence-electron chi connectivity index (χ2n) is 10.0. The maximum absolute atomic E-state index is 14.9. The first-order valence-corrected chi connectivity index (χ1v) is 12.9. The van der Waals surface area contributed by atoms with E-state index in [1.165, 1.54) is 13.3 Å². The number of nitrogens with zero attached hydrogens (tertiary/aromatic N) is 3. The molecule has 3 atom stereocenters. The van der Waals surface area contributed by atoms with Crippen molar-refractivity contribution in [3.63, 3.8) is 0 Å². The largest absolute Gasteiger partial charge is 0.491 e. The lowest BCUT2D eigenvalue weighted by atomic mass is 9.90. The summed E-state index contributed by atoms with van der Waals surface area (Å²) in [5.41, 5.74) is 5.62. The predicted molar refractivity (Wildman–Crippen MR) is 146 cm³/mol. The number of anilines is 2. The molecule has 1 aliphatic rings. The zero-order valence-electron chi connectivity index (χ0n) is 23.0. The van der Waals surface area contributed by atoms with E-state index in [9.17, 15) is 22.8 Å². The van der Waals surface area contributed by atoms with Crippen molar-refractivity contribution in [3.05, 3.63) is 65.9 Å². The highest BCUT2D eigenvalue weighted by Crippen LogP contribution is 2.32. The van der Waals surface area contributed by atoms with Crippen LogP contribution in [-0.2, 0) is 4.74 Å². The van der Waals surface area contributed by atoms with Gasteiger partial charge in [-0.05, 0) is 38.0 Å². The number of amides is 2. The van der Waals surface area contributed by atoms with E-state index in [0.29, 0.717) is 24.5 Å². The molecule has 3 aromatic rings. The van der Waals surface area contributed by atoms with Crippen molar-refractivity contribution in [1.29, 1.82) is 0 Å². The van der Waals surface area contributed by atoms with Crippen LogP contribution in [0, 0.1) is 23.4 Å². The van der Waals surface area contributed by atoms with E-state index in [1.54, 1.807) is 26.1 Å². The fourth-order valence-corrected chi connectivity index (χ4v) is 4.77. The third-order valence-electron chi connectivity index (χ3n) is 6.57. The number of methoxy groups -OCH3 is 1. The van der Waals surface area contributed by atoms with Crippen LogP contribution in [0.15, 0.2) is 42.7 Å². The summed E-state index contributed by atoms with van der Waals surface area (Å²) >= 11 is 0. The van der Waals surface area contributed by atoms with Crippen molar-refractivity contribution in [3.8, 4) is 17.0 Å². The number of hydrogen-bond acceptors (Lipinski definition) is 8. The van der Waals surface area contributed by atoms with Crippen molar-refractivity contribution >= 4 is 23.4 Å². The average Bonchev–Trinajstić information content (AvgIpc) is 2.91. The number of pyridine rings is 2. The van der Waals surface area contributed by atoms with Crippen LogP contribution in [-0.4, -0.2) is 60.4 Å². The van der Waals surface area contributed by atoms with Crippen molar-refractivity contribution in [2.75, 3.05) is 30.4 Å². The van der Waals surface area contributed by atoms with E-state index in [1.807, 2.05) is 11.8 Å². The first-order chi connectivity index (χ1) is 19.5. The fourth-order valence-electron chi connectivity index (χ4n) is 4.77. The maximum Gasteiger partial charge on any atom is 0.407 e. The number of nitrogens with two attached hydrogens (primary N) is 1. The molecule has 10 nitrogen and oxygen atoms in total. The summed E-state index contributed by atoms with van der Waals surface area (Å²) in [6, 6.07) is 4.81. The Morgan fingerprint density at radius 3 is 2.44 bits per heavy atom. The van der Waals surface area contributed by atoms with E-state index in [-0.39, 0.29) is 29.5 Å². The standard InChI is InChI=1S/C28H31F3N6O4/c1-14(2)41-16-9-18(30)24(19(31)10-16)26-17(29)5-6-21(34-26)27(38)35-22-11-33-8-7-23(22)37-12-15(3)25(20(32)13-37)36-28(39)40-4/h5-11,14-15,20,25H,12-13,32H2,1-4H3,(H,35,38)(H,36,39)/t15-,20+,25-/m0/s1. The smallest absolute Gasteiger partial charge is 0.407 e. The Balaban J connectivity index is 1.57. The average molecular weight is 573 g/mol. The molecule has 0 unspecified atom stereocenters. The summed E-state index contributed by atoms with van der Waals surface area (Å²) in [4.78, 5) is 34.9. The van der Waals surface area contributed by atoms with Crippen molar-refractivity contribution < 1.29 is 32.2 Å². The van der Waals surface area contributed by atoms with Crippen LogP contribution < -0.4 is 26.0 Å². The second-order valence-corrected chi connectivity index (χ2v) is 10.0. The summed E-state index contributed by atoms with van der Waals surface area (Å²) in [6.45, 7) is 6.15. The molecule has 1 saturated heterocycles. The van der Waals surface area contributed by atoms with Gasteiger partial charge in [0.25, 0.3) is 5.91 Å². The number of hydrogen-bond donors (Lipinski definition) is 3. The van der Waals surface area contributed by atoms with Gasteiger partial charge in [0.1, 0.15) is 34.6 Å². The summed E-state index contributed by atoms with van der Waals surface area (Å²) in [6.07, 6.45) is 2.07. The number of ether oxygens (including phenoxy) is 2. The normalized spacial score (nSPS) is 18.7. The van der Waals surface area contributed by atoms with E-state index >= 15 is 0 Å². The van der Waals surface area contributed by atoms with Crippen LogP contribution in [0.5, 0.6) is 5.75 Å². The zero-order valence-corrected chi connectivity index (χ0v) is 23.0. The van der Waals surface area contributed by atoms with E-state index in [2.05, 4.69) is 20.6 Å². The highest BCUT2D eigenvalue weighted by atomic mass is 19.1. The zero-order chi connectivity index (χ0) is 29.8. The number of aromatic nitrogens is 2. The van der Waals surface area contributed by atoms with Gasteiger partial charge in [0, 0.05) is 37.5 Å². The molecule has 4 rings (SSSR count). The molecule has 2 amide bonds. The molecule has 1 aliphatic heterocycles. The third-order valence-corrected chi connectivity index (χ3v) is 6.57. The summed E-state index contributed by atoms with van der Waals surface area (Å²) < 4.78 is 54.5. The first kappa shape index (κ1) is 29.6. The lowest BCUT2D eigenvalue weighted by molar-refractivity contribution is 0.102. The number of nitrogens with one attached hydrogen (secondary N) is 2. The van der Waals surface area contributed by atoms with Crippen molar-refractivity contribution in [2.24, 2.45) is 11.7 Å². The van der Waals surface area contributed by atoms with Crippen molar-refractivity contribution in [2.45, 2.75) is 39.0 Å². The molecule has 41 heavy (non-hydrogen) atoms. The van der Waals surface area contributed by atoms with Crippen LogP contribution >= 0.6 is 0 Å². The third kappa shape index (κ3) is 6.68. The molecule has 1 aromatic carbocycles. The number of carbonyl (C=O) groups excluding carboxylic acids is 2. The van der Waals surface area contributed by atoms with Gasteiger partial charge in [-0.1, -0.05) is 6.92 Å². The van der Waals surface area contributed by atoms with Gasteiger partial charge in [0.15, 0.2) is 0 Å². The van der Waals surface area contributed by atoms with Crippen LogP contribution in [0.25, 0.3) is 11.3 Å². The van der Waals surface area contributed by atoms with Crippen LogP contribution in [0.3, 0.4) is 0 Å². The quantitative estimate of drug-likeness (QED) is 0.386.